The monoisotopic (exact) mass is 280 g/mol. The van der Waals surface area contributed by atoms with Crippen LogP contribution in [-0.4, -0.2) is 5.91 Å². The second kappa shape index (κ2) is 7.29. The third-order valence-electron chi connectivity index (χ3n) is 3.26. The van der Waals surface area contributed by atoms with Crippen LogP contribution >= 0.6 is 0 Å². The fraction of sp³-hybridized carbons (Fsp3) is 0.167. The van der Waals surface area contributed by atoms with E-state index in [2.05, 4.69) is 24.4 Å². The molecule has 0 saturated heterocycles. The van der Waals surface area contributed by atoms with Crippen molar-refractivity contribution >= 4 is 17.7 Å². The van der Waals surface area contributed by atoms with E-state index in [1.54, 1.807) is 6.08 Å². The van der Waals surface area contributed by atoms with Gasteiger partial charge >= 0.3 is 0 Å². The van der Waals surface area contributed by atoms with Gasteiger partial charge in [-0.05, 0) is 41.3 Å². The first-order valence-electron chi connectivity index (χ1n) is 7.06. The van der Waals surface area contributed by atoms with E-state index in [4.69, 9.17) is 5.73 Å². The van der Waals surface area contributed by atoms with Crippen LogP contribution in [0.15, 0.2) is 54.6 Å². The van der Waals surface area contributed by atoms with Gasteiger partial charge in [0, 0.05) is 18.3 Å². The summed E-state index contributed by atoms with van der Waals surface area (Å²) >= 11 is 0. The summed E-state index contributed by atoms with van der Waals surface area (Å²) in [6.45, 7) is 2.66. The molecule has 0 aromatic heterocycles. The number of benzene rings is 2. The number of rotatable bonds is 5. The molecule has 3 nitrogen and oxygen atoms in total. The largest absolute Gasteiger partial charge is 0.399 e. The first kappa shape index (κ1) is 14.9. The molecule has 21 heavy (non-hydrogen) atoms. The average molecular weight is 280 g/mol. The van der Waals surface area contributed by atoms with Crippen LogP contribution in [0.3, 0.4) is 0 Å². The molecule has 0 unspecified atom stereocenters. The molecule has 108 valence electrons. The van der Waals surface area contributed by atoms with Gasteiger partial charge < -0.3 is 11.1 Å². The van der Waals surface area contributed by atoms with Crippen LogP contribution < -0.4 is 11.1 Å². The van der Waals surface area contributed by atoms with Crippen LogP contribution in [0, 0.1) is 0 Å². The number of carbonyl (C=O) groups is 1. The molecule has 0 aliphatic rings. The molecular formula is C18H20N2O. The standard InChI is InChI=1S/C18H20N2O/c1-2-14-3-5-16(6-4-14)13-20-18(21)12-9-15-7-10-17(19)11-8-15/h3-12H,2,13,19H2,1H3,(H,20,21)/b12-9+. The number of anilines is 1. The van der Waals surface area contributed by atoms with Gasteiger partial charge in [-0.1, -0.05) is 43.3 Å². The Hall–Kier alpha value is -2.55. The summed E-state index contributed by atoms with van der Waals surface area (Å²) in [7, 11) is 0. The van der Waals surface area contributed by atoms with Crippen molar-refractivity contribution in [3.8, 4) is 0 Å². The molecule has 0 bridgehead atoms. The Morgan fingerprint density at radius 3 is 2.29 bits per heavy atom. The number of nitrogen functional groups attached to an aromatic ring is 1. The molecule has 0 heterocycles. The van der Waals surface area contributed by atoms with E-state index in [-0.39, 0.29) is 5.91 Å². The van der Waals surface area contributed by atoms with Gasteiger partial charge in [0.05, 0.1) is 0 Å². The Morgan fingerprint density at radius 2 is 1.67 bits per heavy atom. The van der Waals surface area contributed by atoms with Crippen molar-refractivity contribution in [1.29, 1.82) is 0 Å². The molecule has 0 aliphatic carbocycles. The highest BCUT2D eigenvalue weighted by Crippen LogP contribution is 2.07. The maximum absolute atomic E-state index is 11.8. The van der Waals surface area contributed by atoms with Crippen molar-refractivity contribution in [3.63, 3.8) is 0 Å². The number of carbonyl (C=O) groups excluding carboxylic acids is 1. The van der Waals surface area contributed by atoms with E-state index < -0.39 is 0 Å². The van der Waals surface area contributed by atoms with Crippen LogP contribution in [0.5, 0.6) is 0 Å². The summed E-state index contributed by atoms with van der Waals surface area (Å²) in [6.07, 6.45) is 4.33. The minimum Gasteiger partial charge on any atom is -0.399 e. The molecule has 0 saturated carbocycles. The van der Waals surface area contributed by atoms with Gasteiger partial charge in [-0.3, -0.25) is 4.79 Å². The summed E-state index contributed by atoms with van der Waals surface area (Å²) in [5.74, 6) is -0.105. The van der Waals surface area contributed by atoms with E-state index >= 15 is 0 Å². The molecule has 0 radical (unpaired) electrons. The lowest BCUT2D eigenvalue weighted by molar-refractivity contribution is -0.116. The van der Waals surface area contributed by atoms with Gasteiger partial charge in [0.2, 0.25) is 5.91 Å². The zero-order valence-corrected chi connectivity index (χ0v) is 12.2. The molecule has 1 amide bonds. The Morgan fingerprint density at radius 1 is 1.05 bits per heavy atom. The van der Waals surface area contributed by atoms with Crippen LogP contribution in [0.1, 0.15) is 23.6 Å². The molecule has 2 aromatic carbocycles. The second-order valence-corrected chi connectivity index (χ2v) is 4.89. The van der Waals surface area contributed by atoms with Gasteiger partial charge in [-0.25, -0.2) is 0 Å². The highest BCUT2D eigenvalue weighted by molar-refractivity contribution is 5.91. The van der Waals surface area contributed by atoms with Crippen molar-refractivity contribution < 1.29 is 4.79 Å². The normalized spacial score (nSPS) is 10.7. The second-order valence-electron chi connectivity index (χ2n) is 4.89. The average Bonchev–Trinajstić information content (AvgIpc) is 2.53. The number of aryl methyl sites for hydroxylation is 1. The lowest BCUT2D eigenvalue weighted by atomic mass is 10.1. The third kappa shape index (κ3) is 4.80. The van der Waals surface area contributed by atoms with Crippen molar-refractivity contribution in [1.82, 2.24) is 5.32 Å². The maximum Gasteiger partial charge on any atom is 0.244 e. The molecule has 3 heteroatoms. The first-order valence-corrected chi connectivity index (χ1v) is 7.06. The minimum atomic E-state index is -0.105. The molecule has 3 N–H and O–H groups in total. The Balaban J connectivity index is 1.85. The summed E-state index contributed by atoms with van der Waals surface area (Å²) in [4.78, 5) is 11.8. The third-order valence-corrected chi connectivity index (χ3v) is 3.26. The van der Waals surface area contributed by atoms with E-state index in [1.807, 2.05) is 36.4 Å². The SMILES string of the molecule is CCc1ccc(CNC(=O)/C=C/c2ccc(N)cc2)cc1. The molecule has 2 aromatic rings. The van der Waals surface area contributed by atoms with E-state index in [1.165, 1.54) is 11.6 Å². The maximum atomic E-state index is 11.8. The number of amides is 1. The number of hydrogen-bond acceptors (Lipinski definition) is 2. The lowest BCUT2D eigenvalue weighted by Crippen LogP contribution is -2.20. The highest BCUT2D eigenvalue weighted by atomic mass is 16.1. The topological polar surface area (TPSA) is 55.1 Å². The summed E-state index contributed by atoms with van der Waals surface area (Å²) in [6, 6.07) is 15.6. The molecule has 2 rings (SSSR count). The zero-order chi connectivity index (χ0) is 15.1. The van der Waals surface area contributed by atoms with Crippen molar-refractivity contribution in [2.24, 2.45) is 0 Å². The van der Waals surface area contributed by atoms with Gasteiger partial charge in [-0.2, -0.15) is 0 Å². The van der Waals surface area contributed by atoms with Crippen molar-refractivity contribution in [3.05, 3.63) is 71.3 Å². The van der Waals surface area contributed by atoms with Gasteiger partial charge in [0.15, 0.2) is 0 Å². The quantitative estimate of drug-likeness (QED) is 0.653. The van der Waals surface area contributed by atoms with Gasteiger partial charge in [-0.15, -0.1) is 0 Å². The molecule has 0 aliphatic heterocycles. The van der Waals surface area contributed by atoms with E-state index in [9.17, 15) is 4.79 Å². The Bertz CT molecular complexity index is 613. The van der Waals surface area contributed by atoms with Crippen LogP contribution in [-0.2, 0) is 17.8 Å². The van der Waals surface area contributed by atoms with Crippen molar-refractivity contribution in [2.45, 2.75) is 19.9 Å². The molecule has 0 atom stereocenters. The Labute approximate surface area is 125 Å². The minimum absolute atomic E-state index is 0.105. The first-order chi connectivity index (χ1) is 10.2. The fourth-order valence-electron chi connectivity index (χ4n) is 1.92. The lowest BCUT2D eigenvalue weighted by Gasteiger charge is -2.04. The smallest absolute Gasteiger partial charge is 0.244 e. The number of nitrogens with one attached hydrogen (secondary N) is 1. The van der Waals surface area contributed by atoms with Crippen LogP contribution in [0.4, 0.5) is 5.69 Å². The van der Waals surface area contributed by atoms with Crippen molar-refractivity contribution in [2.75, 3.05) is 5.73 Å². The molecular weight excluding hydrogens is 260 g/mol. The van der Waals surface area contributed by atoms with Crippen LogP contribution in [0.25, 0.3) is 6.08 Å². The predicted octanol–water partition coefficient (Wildman–Crippen LogP) is 3.16. The zero-order valence-electron chi connectivity index (χ0n) is 12.2. The number of nitrogens with two attached hydrogens (primary N) is 1. The fourth-order valence-corrected chi connectivity index (χ4v) is 1.92. The van der Waals surface area contributed by atoms with Crippen LogP contribution in [0.2, 0.25) is 0 Å². The number of hydrogen-bond donors (Lipinski definition) is 2. The van der Waals surface area contributed by atoms with Gasteiger partial charge in [0.1, 0.15) is 0 Å². The van der Waals surface area contributed by atoms with E-state index in [0.29, 0.717) is 12.2 Å². The molecule has 0 spiro atoms. The summed E-state index contributed by atoms with van der Waals surface area (Å²) < 4.78 is 0. The predicted molar refractivity (Wildman–Crippen MR) is 87.6 cm³/mol. The summed E-state index contributed by atoms with van der Waals surface area (Å²) in [5.41, 5.74) is 9.68. The summed E-state index contributed by atoms with van der Waals surface area (Å²) in [5, 5.41) is 2.87. The van der Waals surface area contributed by atoms with E-state index in [0.717, 1.165) is 17.5 Å². The molecule has 0 fully saturated rings. The van der Waals surface area contributed by atoms with Gasteiger partial charge in [0.25, 0.3) is 0 Å². The highest BCUT2D eigenvalue weighted by Gasteiger charge is 1.97. The Kier molecular flexibility index (Phi) is 5.16.